The topological polar surface area (TPSA) is 101 Å². The summed E-state index contributed by atoms with van der Waals surface area (Å²) in [6.45, 7) is 3.46. The number of nitrogens with one attached hydrogen (secondary N) is 1. The average molecular weight is 405 g/mol. The van der Waals surface area contributed by atoms with E-state index < -0.39 is 11.9 Å². The number of nitrogens with zero attached hydrogens (tertiary/aromatic N) is 1. The maximum absolute atomic E-state index is 11.7. The molecule has 1 aromatic heterocycles. The van der Waals surface area contributed by atoms with E-state index in [9.17, 15) is 9.59 Å². The normalized spacial score (nSPS) is 14.8. The van der Waals surface area contributed by atoms with E-state index in [0.29, 0.717) is 5.00 Å². The van der Waals surface area contributed by atoms with E-state index in [2.05, 4.69) is 16.3 Å². The number of urea groups is 1. The Morgan fingerprint density at radius 3 is 2.59 bits per heavy atom. The summed E-state index contributed by atoms with van der Waals surface area (Å²) < 4.78 is 0. The lowest BCUT2D eigenvalue weighted by Gasteiger charge is -2.26. The number of piperidine rings is 1. The zero-order chi connectivity index (χ0) is 19.2. The summed E-state index contributed by atoms with van der Waals surface area (Å²) in [5.74, 6) is 0.425. The van der Waals surface area contributed by atoms with Crippen molar-refractivity contribution in [3.8, 4) is 10.4 Å². The summed E-state index contributed by atoms with van der Waals surface area (Å²) in [5.41, 5.74) is 12.0. The first kappa shape index (κ1) is 19.7. The minimum absolute atomic E-state index is 0.280. The molecule has 3 amide bonds. The third-order valence-corrected chi connectivity index (χ3v) is 6.64. The van der Waals surface area contributed by atoms with Gasteiger partial charge in [0.1, 0.15) is 5.00 Å². The number of anilines is 1. The van der Waals surface area contributed by atoms with Crippen LogP contribution in [0, 0.1) is 0 Å². The SMILES string of the molecule is NC(=O)Nc1sc(-c2ccccc2SCCN2CCCCC2)cc1C(N)=O. The number of benzene rings is 1. The number of rotatable bonds is 7. The summed E-state index contributed by atoms with van der Waals surface area (Å²) >= 11 is 3.12. The molecular weight excluding hydrogens is 380 g/mol. The fourth-order valence-electron chi connectivity index (χ4n) is 3.18. The van der Waals surface area contributed by atoms with Crippen molar-refractivity contribution >= 4 is 40.0 Å². The molecule has 6 nitrogen and oxygen atoms in total. The molecule has 2 aromatic rings. The number of carbonyl (C=O) groups is 2. The van der Waals surface area contributed by atoms with E-state index in [1.807, 2.05) is 30.0 Å². The van der Waals surface area contributed by atoms with E-state index in [0.717, 1.165) is 27.6 Å². The Bertz CT molecular complexity index is 816. The fraction of sp³-hybridized carbons (Fsp3) is 0.368. The van der Waals surface area contributed by atoms with Gasteiger partial charge in [-0.15, -0.1) is 23.1 Å². The summed E-state index contributed by atoms with van der Waals surface area (Å²) in [6, 6.07) is 9.10. The van der Waals surface area contributed by atoms with Gasteiger partial charge < -0.3 is 16.4 Å². The smallest absolute Gasteiger partial charge is 0.317 e. The fourth-order valence-corrected chi connectivity index (χ4v) is 5.42. The molecule has 144 valence electrons. The van der Waals surface area contributed by atoms with Gasteiger partial charge in [-0.3, -0.25) is 10.1 Å². The van der Waals surface area contributed by atoms with Crippen molar-refractivity contribution in [2.45, 2.75) is 24.2 Å². The highest BCUT2D eigenvalue weighted by atomic mass is 32.2. The number of carbonyl (C=O) groups excluding carboxylic acids is 2. The lowest BCUT2D eigenvalue weighted by Crippen LogP contribution is -2.31. The molecule has 0 spiro atoms. The molecule has 0 bridgehead atoms. The molecule has 27 heavy (non-hydrogen) atoms. The van der Waals surface area contributed by atoms with Crippen molar-refractivity contribution in [3.05, 3.63) is 35.9 Å². The molecule has 5 N–H and O–H groups in total. The molecule has 3 rings (SSSR count). The second-order valence-corrected chi connectivity index (χ2v) is 8.64. The lowest BCUT2D eigenvalue weighted by molar-refractivity contribution is 0.100. The molecule has 8 heteroatoms. The number of thiophene rings is 1. The van der Waals surface area contributed by atoms with Crippen LogP contribution >= 0.6 is 23.1 Å². The molecule has 0 saturated carbocycles. The molecule has 1 fully saturated rings. The zero-order valence-electron chi connectivity index (χ0n) is 15.1. The molecule has 1 aliphatic heterocycles. The van der Waals surface area contributed by atoms with Crippen molar-refractivity contribution in [3.63, 3.8) is 0 Å². The number of thioether (sulfide) groups is 1. The van der Waals surface area contributed by atoms with E-state index >= 15 is 0 Å². The monoisotopic (exact) mass is 404 g/mol. The molecular formula is C19H24N4O2S2. The van der Waals surface area contributed by atoms with Crippen LogP contribution in [0.4, 0.5) is 9.80 Å². The molecule has 1 aromatic carbocycles. The van der Waals surface area contributed by atoms with Gasteiger partial charge in [-0.1, -0.05) is 24.6 Å². The molecule has 0 aliphatic carbocycles. The van der Waals surface area contributed by atoms with Crippen LogP contribution in [0.25, 0.3) is 10.4 Å². The van der Waals surface area contributed by atoms with Crippen molar-refractivity contribution in [1.82, 2.24) is 4.90 Å². The predicted molar refractivity (Wildman–Crippen MR) is 112 cm³/mol. The van der Waals surface area contributed by atoms with Crippen LogP contribution in [0.15, 0.2) is 35.2 Å². The van der Waals surface area contributed by atoms with Gasteiger partial charge in [0.05, 0.1) is 5.56 Å². The maximum atomic E-state index is 11.7. The molecule has 2 heterocycles. The predicted octanol–water partition coefficient (Wildman–Crippen LogP) is 3.58. The number of likely N-dealkylation sites (tertiary alicyclic amines) is 1. The first-order valence-corrected chi connectivity index (χ1v) is 10.8. The Morgan fingerprint density at radius 1 is 1.15 bits per heavy atom. The number of amides is 3. The summed E-state index contributed by atoms with van der Waals surface area (Å²) in [7, 11) is 0. The van der Waals surface area contributed by atoms with E-state index in [-0.39, 0.29) is 5.56 Å². The van der Waals surface area contributed by atoms with Crippen molar-refractivity contribution in [2.75, 3.05) is 30.7 Å². The number of nitrogens with two attached hydrogens (primary N) is 2. The summed E-state index contributed by atoms with van der Waals surface area (Å²) in [6.07, 6.45) is 3.93. The average Bonchev–Trinajstić information content (AvgIpc) is 3.06. The van der Waals surface area contributed by atoms with E-state index in [4.69, 9.17) is 11.5 Å². The molecule has 0 unspecified atom stereocenters. The second-order valence-electron chi connectivity index (χ2n) is 6.45. The van der Waals surface area contributed by atoms with E-state index in [1.165, 1.54) is 43.7 Å². The third-order valence-electron chi connectivity index (χ3n) is 4.50. The first-order chi connectivity index (χ1) is 13.0. The Balaban J connectivity index is 1.76. The molecule has 1 saturated heterocycles. The van der Waals surface area contributed by atoms with Crippen LogP contribution in [0.2, 0.25) is 0 Å². The van der Waals surface area contributed by atoms with Crippen molar-refractivity contribution in [1.29, 1.82) is 0 Å². The zero-order valence-corrected chi connectivity index (χ0v) is 16.7. The Morgan fingerprint density at radius 2 is 1.89 bits per heavy atom. The summed E-state index contributed by atoms with van der Waals surface area (Å²) in [5, 5.41) is 2.88. The number of hydrogen-bond donors (Lipinski definition) is 3. The van der Waals surface area contributed by atoms with E-state index in [1.54, 1.807) is 6.07 Å². The largest absolute Gasteiger partial charge is 0.366 e. The Hall–Kier alpha value is -2.03. The van der Waals surface area contributed by atoms with Crippen LogP contribution in [0.3, 0.4) is 0 Å². The minimum atomic E-state index is -0.713. The Labute approximate surface area is 167 Å². The highest BCUT2D eigenvalue weighted by Gasteiger charge is 2.18. The van der Waals surface area contributed by atoms with Crippen LogP contribution in [-0.2, 0) is 0 Å². The third kappa shape index (κ3) is 5.24. The van der Waals surface area contributed by atoms with Crippen LogP contribution in [-0.4, -0.2) is 42.2 Å². The number of hydrogen-bond acceptors (Lipinski definition) is 5. The summed E-state index contributed by atoms with van der Waals surface area (Å²) in [4.78, 5) is 27.5. The van der Waals surface area contributed by atoms with Crippen LogP contribution < -0.4 is 16.8 Å². The lowest BCUT2D eigenvalue weighted by atomic mass is 10.1. The molecule has 0 radical (unpaired) electrons. The van der Waals surface area contributed by atoms with Crippen molar-refractivity contribution < 1.29 is 9.59 Å². The Kier molecular flexibility index (Phi) is 6.76. The number of primary amides is 2. The van der Waals surface area contributed by atoms with Gasteiger partial charge in [0.15, 0.2) is 0 Å². The highest BCUT2D eigenvalue weighted by Crippen LogP contribution is 2.39. The van der Waals surface area contributed by atoms with Gasteiger partial charge >= 0.3 is 6.03 Å². The van der Waals surface area contributed by atoms with Crippen LogP contribution in [0.5, 0.6) is 0 Å². The molecule has 1 aliphatic rings. The second kappa shape index (κ2) is 9.25. The quantitative estimate of drug-likeness (QED) is 0.614. The minimum Gasteiger partial charge on any atom is -0.366 e. The van der Waals surface area contributed by atoms with Gasteiger partial charge in [0.2, 0.25) is 0 Å². The maximum Gasteiger partial charge on any atom is 0.317 e. The molecule has 0 atom stereocenters. The van der Waals surface area contributed by atoms with Gasteiger partial charge in [0, 0.05) is 27.6 Å². The van der Waals surface area contributed by atoms with Crippen molar-refractivity contribution in [2.24, 2.45) is 11.5 Å². The van der Waals surface area contributed by atoms with Crippen LogP contribution in [0.1, 0.15) is 29.6 Å². The van der Waals surface area contributed by atoms with Gasteiger partial charge in [-0.05, 0) is 38.1 Å². The standard InChI is InChI=1S/C19H24N4O2S2/c20-17(24)14-12-16(27-18(14)22-19(21)25)13-6-2-3-7-15(13)26-11-10-23-8-4-1-5-9-23/h2-3,6-7,12H,1,4-5,8-11H2,(H2,20,24)(H3,21,22,25). The first-order valence-electron chi connectivity index (χ1n) is 8.99. The van der Waals surface area contributed by atoms with Gasteiger partial charge in [-0.25, -0.2) is 4.79 Å². The van der Waals surface area contributed by atoms with Gasteiger partial charge in [-0.2, -0.15) is 0 Å². The van der Waals surface area contributed by atoms with Gasteiger partial charge in [0.25, 0.3) is 5.91 Å². The highest BCUT2D eigenvalue weighted by molar-refractivity contribution is 7.99.